The highest BCUT2D eigenvalue weighted by molar-refractivity contribution is 7.89. The normalized spacial score (nSPS) is 13.5. The van der Waals surface area contributed by atoms with Gasteiger partial charge in [0.05, 0.1) is 4.90 Å². The standard InChI is InChI=1S/C16H16F3NO3S/c1-11-5-3-4-6-15(11)12(2)20-24(21,22)14-9-7-13(8-10-14)23-16(17,18)19/h3-10,12,20H,1-2H3/t12-/m0/s1. The highest BCUT2D eigenvalue weighted by Gasteiger charge is 2.31. The van der Waals surface area contributed by atoms with E-state index in [0.717, 1.165) is 35.4 Å². The zero-order valence-electron chi connectivity index (χ0n) is 13.0. The topological polar surface area (TPSA) is 55.4 Å². The number of aryl methyl sites for hydroxylation is 1. The smallest absolute Gasteiger partial charge is 0.406 e. The minimum atomic E-state index is -4.82. The Kier molecular flexibility index (Phi) is 5.19. The first-order valence-electron chi connectivity index (χ1n) is 7.02. The lowest BCUT2D eigenvalue weighted by Gasteiger charge is -2.17. The molecule has 2 aromatic carbocycles. The number of rotatable bonds is 5. The predicted octanol–water partition coefficient (Wildman–Crippen LogP) is 3.93. The van der Waals surface area contributed by atoms with E-state index in [1.54, 1.807) is 13.0 Å². The van der Waals surface area contributed by atoms with Crippen LogP contribution in [0, 0.1) is 6.92 Å². The molecule has 1 N–H and O–H groups in total. The van der Waals surface area contributed by atoms with Crippen LogP contribution in [0.15, 0.2) is 53.4 Å². The molecule has 0 spiro atoms. The van der Waals surface area contributed by atoms with Crippen molar-refractivity contribution in [1.82, 2.24) is 4.72 Å². The molecule has 0 amide bonds. The van der Waals surface area contributed by atoms with Crippen molar-refractivity contribution in [3.8, 4) is 5.75 Å². The zero-order valence-corrected chi connectivity index (χ0v) is 13.8. The van der Waals surface area contributed by atoms with Crippen LogP contribution in [0.2, 0.25) is 0 Å². The van der Waals surface area contributed by atoms with Crippen molar-refractivity contribution >= 4 is 10.0 Å². The molecule has 0 aliphatic rings. The number of halogens is 3. The average molecular weight is 359 g/mol. The predicted molar refractivity (Wildman–Crippen MR) is 83.0 cm³/mol. The largest absolute Gasteiger partial charge is 0.573 e. The lowest BCUT2D eigenvalue weighted by molar-refractivity contribution is -0.274. The molecule has 0 aromatic heterocycles. The van der Waals surface area contributed by atoms with Gasteiger partial charge in [0.2, 0.25) is 10.0 Å². The number of hydrogen-bond donors (Lipinski definition) is 1. The van der Waals surface area contributed by atoms with Gasteiger partial charge in [-0.2, -0.15) is 0 Å². The van der Waals surface area contributed by atoms with E-state index in [-0.39, 0.29) is 4.90 Å². The Morgan fingerprint density at radius 1 is 1.04 bits per heavy atom. The van der Waals surface area contributed by atoms with Gasteiger partial charge in [0.25, 0.3) is 0 Å². The summed E-state index contributed by atoms with van der Waals surface area (Å²) in [6.45, 7) is 3.56. The van der Waals surface area contributed by atoms with Gasteiger partial charge in [-0.25, -0.2) is 13.1 Å². The molecule has 0 bridgehead atoms. The molecule has 0 aliphatic carbocycles. The van der Waals surface area contributed by atoms with Crippen LogP contribution in [-0.4, -0.2) is 14.8 Å². The monoisotopic (exact) mass is 359 g/mol. The molecule has 4 nitrogen and oxygen atoms in total. The van der Waals surface area contributed by atoms with Crippen molar-refractivity contribution < 1.29 is 26.3 Å². The van der Waals surface area contributed by atoms with Crippen LogP contribution in [-0.2, 0) is 10.0 Å². The van der Waals surface area contributed by atoms with Gasteiger partial charge in [-0.15, -0.1) is 13.2 Å². The number of ether oxygens (including phenoxy) is 1. The summed E-state index contributed by atoms with van der Waals surface area (Å²) < 4.78 is 67.3. The first-order valence-corrected chi connectivity index (χ1v) is 8.50. The second-order valence-corrected chi connectivity index (χ2v) is 6.93. The fourth-order valence-electron chi connectivity index (χ4n) is 2.26. The summed E-state index contributed by atoms with van der Waals surface area (Å²) in [6, 6.07) is 10.9. The van der Waals surface area contributed by atoms with E-state index < -0.39 is 28.2 Å². The molecule has 0 radical (unpaired) electrons. The molecular weight excluding hydrogens is 343 g/mol. The maximum atomic E-state index is 12.3. The summed E-state index contributed by atoms with van der Waals surface area (Å²) in [6.07, 6.45) is -4.82. The van der Waals surface area contributed by atoms with Crippen molar-refractivity contribution in [3.05, 3.63) is 59.7 Å². The van der Waals surface area contributed by atoms with Gasteiger partial charge in [0.1, 0.15) is 5.75 Å². The molecule has 0 saturated carbocycles. The summed E-state index contributed by atoms with van der Waals surface area (Å²) in [5, 5.41) is 0. The average Bonchev–Trinajstić information content (AvgIpc) is 2.46. The molecule has 0 heterocycles. The number of sulfonamides is 1. The molecule has 130 valence electrons. The third-order valence-corrected chi connectivity index (χ3v) is 4.91. The molecule has 8 heteroatoms. The van der Waals surface area contributed by atoms with E-state index in [2.05, 4.69) is 9.46 Å². The fourth-order valence-corrected chi connectivity index (χ4v) is 3.48. The third-order valence-electron chi connectivity index (χ3n) is 3.35. The van der Waals surface area contributed by atoms with Crippen LogP contribution in [0.3, 0.4) is 0 Å². The number of alkyl halides is 3. The Balaban J connectivity index is 2.17. The van der Waals surface area contributed by atoms with Crippen molar-refractivity contribution in [3.63, 3.8) is 0 Å². The molecule has 1 atom stereocenters. The molecule has 0 fully saturated rings. The van der Waals surface area contributed by atoms with Crippen LogP contribution >= 0.6 is 0 Å². The van der Waals surface area contributed by atoms with E-state index in [1.807, 2.05) is 25.1 Å². The van der Waals surface area contributed by atoms with Crippen LogP contribution in [0.4, 0.5) is 13.2 Å². The second-order valence-electron chi connectivity index (χ2n) is 5.22. The van der Waals surface area contributed by atoms with E-state index >= 15 is 0 Å². The van der Waals surface area contributed by atoms with Crippen LogP contribution in [0.5, 0.6) is 5.75 Å². The summed E-state index contributed by atoms with van der Waals surface area (Å²) in [4.78, 5) is -0.141. The fraction of sp³-hybridized carbons (Fsp3) is 0.250. The highest BCUT2D eigenvalue weighted by Crippen LogP contribution is 2.25. The maximum absolute atomic E-state index is 12.3. The highest BCUT2D eigenvalue weighted by atomic mass is 32.2. The van der Waals surface area contributed by atoms with Crippen molar-refractivity contribution in [1.29, 1.82) is 0 Å². The third kappa shape index (κ3) is 4.72. The van der Waals surface area contributed by atoms with Gasteiger partial charge < -0.3 is 4.74 Å². The Bertz CT molecular complexity index is 802. The van der Waals surface area contributed by atoms with Gasteiger partial charge in [-0.3, -0.25) is 0 Å². The van der Waals surface area contributed by atoms with Gasteiger partial charge >= 0.3 is 6.36 Å². The Morgan fingerprint density at radius 3 is 2.17 bits per heavy atom. The molecule has 0 saturated heterocycles. The van der Waals surface area contributed by atoms with E-state index in [1.165, 1.54) is 0 Å². The summed E-state index contributed by atoms with van der Waals surface area (Å²) in [7, 11) is -3.87. The van der Waals surface area contributed by atoms with Gasteiger partial charge in [0.15, 0.2) is 0 Å². The molecular formula is C16H16F3NO3S. The van der Waals surface area contributed by atoms with Gasteiger partial charge in [-0.05, 0) is 49.2 Å². The minimum absolute atomic E-state index is 0.141. The summed E-state index contributed by atoms with van der Waals surface area (Å²) in [5.74, 6) is -0.478. The van der Waals surface area contributed by atoms with E-state index in [0.29, 0.717) is 0 Å². The maximum Gasteiger partial charge on any atom is 0.573 e. The Morgan fingerprint density at radius 2 is 1.62 bits per heavy atom. The summed E-state index contributed by atoms with van der Waals surface area (Å²) in [5.41, 5.74) is 1.75. The van der Waals surface area contributed by atoms with Gasteiger partial charge in [-0.1, -0.05) is 24.3 Å². The first kappa shape index (κ1) is 18.3. The number of hydrogen-bond acceptors (Lipinski definition) is 3. The van der Waals surface area contributed by atoms with Crippen LogP contribution < -0.4 is 9.46 Å². The number of benzene rings is 2. The molecule has 2 rings (SSSR count). The quantitative estimate of drug-likeness (QED) is 0.880. The minimum Gasteiger partial charge on any atom is -0.406 e. The molecule has 0 aliphatic heterocycles. The van der Waals surface area contributed by atoms with Crippen LogP contribution in [0.25, 0.3) is 0 Å². The Labute approximate surface area is 138 Å². The molecule has 0 unspecified atom stereocenters. The second kappa shape index (κ2) is 6.82. The van der Waals surface area contributed by atoms with E-state index in [9.17, 15) is 21.6 Å². The van der Waals surface area contributed by atoms with Crippen molar-refractivity contribution in [2.45, 2.75) is 31.1 Å². The molecule has 24 heavy (non-hydrogen) atoms. The first-order chi connectivity index (χ1) is 11.1. The van der Waals surface area contributed by atoms with E-state index in [4.69, 9.17) is 0 Å². The van der Waals surface area contributed by atoms with Gasteiger partial charge in [0, 0.05) is 6.04 Å². The lowest BCUT2D eigenvalue weighted by Crippen LogP contribution is -2.27. The lowest BCUT2D eigenvalue weighted by atomic mass is 10.0. The number of nitrogens with one attached hydrogen (secondary N) is 1. The summed E-state index contributed by atoms with van der Waals surface area (Å²) >= 11 is 0. The van der Waals surface area contributed by atoms with Crippen molar-refractivity contribution in [2.75, 3.05) is 0 Å². The zero-order chi connectivity index (χ0) is 18.0. The van der Waals surface area contributed by atoms with Crippen LogP contribution in [0.1, 0.15) is 24.1 Å². The van der Waals surface area contributed by atoms with Crippen molar-refractivity contribution in [2.24, 2.45) is 0 Å². The molecule has 2 aromatic rings. The Hall–Kier alpha value is -2.06. The SMILES string of the molecule is Cc1ccccc1[C@H](C)NS(=O)(=O)c1ccc(OC(F)(F)F)cc1.